The van der Waals surface area contributed by atoms with E-state index in [1.54, 1.807) is 0 Å². The van der Waals surface area contributed by atoms with Gasteiger partial charge in [0.1, 0.15) is 18.5 Å². The van der Waals surface area contributed by atoms with Crippen molar-refractivity contribution in [3.63, 3.8) is 0 Å². The maximum atomic E-state index is 12.7. The van der Waals surface area contributed by atoms with Gasteiger partial charge < -0.3 is 59.8 Å². The number of β-amino-alcohol motifs (C(OH)–C–C–N with tert-alkyl or cyclic N) is 3. The molecule has 0 radical (unpaired) electrons. The third-order valence-electron chi connectivity index (χ3n) is 13.8. The molecule has 8 unspecified atom stereocenters. The van der Waals surface area contributed by atoms with E-state index >= 15 is 0 Å². The van der Waals surface area contributed by atoms with Gasteiger partial charge in [0, 0.05) is 45.8 Å². The lowest BCUT2D eigenvalue weighted by Gasteiger charge is -2.24. The van der Waals surface area contributed by atoms with Crippen LogP contribution in [0.2, 0.25) is 0 Å². The Hall–Kier alpha value is -0.690. The van der Waals surface area contributed by atoms with Gasteiger partial charge in [0.2, 0.25) is 0 Å². The van der Waals surface area contributed by atoms with Crippen molar-refractivity contribution in [2.24, 2.45) is 0 Å². The third kappa shape index (κ3) is 35.4. The standard InChI is InChI=1S/2C8H17NO.C7H14FNO.2C7H14FN.2C7H15NO/c1-8(10)4-3-6-9(2)7-5-8;1-8(10)5-3-4-6-9(2)7-8;1-9-4-2-3-6(8)7(10)5-9;1-9-5-2-3-7(8)4-6-9;1-9-5-3-2-4-7(8)6-9;1-8-5-2-3-7(9)4-6-8;1-8-5-3-2-4-7(9)6-8/h2*10H,3-7H2,1-2H3;6-7,10H,2-5H2,1H3;2*7H,2-6H2,1H3;2*7,9H,2-6H2,1H3. The fraction of sp³-hybridized carbons (Fsp3) is 1.00. The zero-order valence-electron chi connectivity index (χ0n) is 44.0. The molecule has 15 heteroatoms. The monoisotopic (exact) mass is 954 g/mol. The Bertz CT molecular complexity index is 1070. The van der Waals surface area contributed by atoms with Crippen LogP contribution >= 0.6 is 0 Å². The van der Waals surface area contributed by atoms with Crippen LogP contribution in [0.5, 0.6) is 0 Å². The molecule has 7 heterocycles. The van der Waals surface area contributed by atoms with E-state index in [1.165, 1.54) is 19.3 Å². The maximum absolute atomic E-state index is 12.7. The molecule has 12 nitrogen and oxygen atoms in total. The Balaban J connectivity index is 0.000000385. The van der Waals surface area contributed by atoms with Crippen molar-refractivity contribution in [2.75, 3.05) is 141 Å². The van der Waals surface area contributed by atoms with Gasteiger partial charge in [0.15, 0.2) is 0 Å². The Kier molecular flexibility index (Phi) is 34.8. The van der Waals surface area contributed by atoms with Crippen LogP contribution in [0, 0.1) is 0 Å². The summed E-state index contributed by atoms with van der Waals surface area (Å²) in [4.78, 5) is 15.2. The quantitative estimate of drug-likeness (QED) is 0.198. The minimum absolute atomic E-state index is 0.0325. The molecule has 0 aliphatic carbocycles. The second-order valence-electron chi connectivity index (χ2n) is 21.8. The van der Waals surface area contributed by atoms with Crippen LogP contribution in [0.25, 0.3) is 0 Å². The highest BCUT2D eigenvalue weighted by Crippen LogP contribution is 2.21. The van der Waals surface area contributed by atoms with Crippen LogP contribution in [0.3, 0.4) is 0 Å². The predicted molar refractivity (Wildman–Crippen MR) is 269 cm³/mol. The molecule has 7 saturated heterocycles. The molecule has 7 fully saturated rings. The minimum atomic E-state index is -1.01. The summed E-state index contributed by atoms with van der Waals surface area (Å²) in [5.74, 6) is 0. The number of nitrogens with zero attached hydrogens (tertiary/aromatic N) is 7. The summed E-state index contributed by atoms with van der Waals surface area (Å²) in [7, 11) is 14.3. The topological polar surface area (TPSA) is 124 Å². The molecule has 7 rings (SSSR count). The first-order valence-electron chi connectivity index (χ1n) is 26.3. The first kappa shape index (κ1) is 63.3. The average Bonchev–Trinajstić information content (AvgIpc) is 3.86. The Morgan fingerprint density at radius 3 is 1.50 bits per heavy atom. The van der Waals surface area contributed by atoms with Crippen LogP contribution in [-0.2, 0) is 0 Å². The van der Waals surface area contributed by atoms with Gasteiger partial charge in [0.25, 0.3) is 0 Å². The summed E-state index contributed by atoms with van der Waals surface area (Å²) >= 11 is 0. The average molecular weight is 954 g/mol. The van der Waals surface area contributed by atoms with Crippen molar-refractivity contribution < 1.29 is 38.7 Å². The molecule has 0 aromatic rings. The number of likely N-dealkylation sites (tertiary alicyclic amines) is 7. The third-order valence-corrected chi connectivity index (χ3v) is 13.8. The summed E-state index contributed by atoms with van der Waals surface area (Å²) in [5, 5.41) is 46.8. The molecule has 0 amide bonds. The number of hydrogen-bond donors (Lipinski definition) is 5. The second-order valence-corrected chi connectivity index (χ2v) is 21.8. The van der Waals surface area contributed by atoms with Crippen molar-refractivity contribution in [3.8, 4) is 0 Å². The smallest absolute Gasteiger partial charge is 0.127 e. The molecule has 0 saturated carbocycles. The van der Waals surface area contributed by atoms with E-state index in [1.807, 2.05) is 32.8 Å². The van der Waals surface area contributed by atoms with Gasteiger partial charge in [-0.3, -0.25) is 0 Å². The van der Waals surface area contributed by atoms with Crippen LogP contribution in [-0.4, -0.2) is 249 Å². The summed E-state index contributed by atoms with van der Waals surface area (Å²) in [6.45, 7) is 17.3. The zero-order valence-corrected chi connectivity index (χ0v) is 44.0. The molecular formula is C51H106F3N7O5. The number of likely N-dealkylation sites (N-methyl/N-ethyl adjacent to an activating group) is 3. The number of aliphatic hydroxyl groups excluding tert-OH is 3. The highest BCUT2D eigenvalue weighted by Gasteiger charge is 2.25. The fourth-order valence-corrected chi connectivity index (χ4v) is 9.29. The molecule has 0 aromatic carbocycles. The van der Waals surface area contributed by atoms with Crippen molar-refractivity contribution >= 4 is 0 Å². The second kappa shape index (κ2) is 36.3. The summed E-state index contributed by atoms with van der Waals surface area (Å²) in [5.41, 5.74) is -0.837. The van der Waals surface area contributed by atoms with E-state index in [9.17, 15) is 33.6 Å². The van der Waals surface area contributed by atoms with Gasteiger partial charge in [-0.15, -0.1) is 0 Å². The van der Waals surface area contributed by atoms with Crippen LogP contribution in [0.1, 0.15) is 142 Å². The van der Waals surface area contributed by atoms with E-state index in [4.69, 9.17) is 5.11 Å². The first-order valence-corrected chi connectivity index (χ1v) is 26.3. The van der Waals surface area contributed by atoms with Crippen LogP contribution < -0.4 is 0 Å². The number of halogens is 3. The van der Waals surface area contributed by atoms with Crippen LogP contribution in [0.15, 0.2) is 0 Å². The largest absolute Gasteiger partial charge is 0.393 e. The SMILES string of the molecule is CN1CCCC(C)(O)CC1.CN1CCCC(F)C(O)C1.CN1CCCC(F)CC1.CN1CCCC(O)CC1.CN1CCCCC(C)(O)C1.CN1CCCCC(F)C1.CN1CCCCC(O)C1. The lowest BCUT2D eigenvalue weighted by atomic mass is 9.98. The summed E-state index contributed by atoms with van der Waals surface area (Å²) in [6.07, 6.45) is 16.8. The first-order chi connectivity index (χ1) is 31.1. The zero-order chi connectivity index (χ0) is 49.5. The number of hydrogen-bond acceptors (Lipinski definition) is 12. The molecule has 8 atom stereocenters. The van der Waals surface area contributed by atoms with Crippen molar-refractivity contribution in [1.82, 2.24) is 34.3 Å². The Morgan fingerprint density at radius 1 is 0.364 bits per heavy atom. The lowest BCUT2D eigenvalue weighted by molar-refractivity contribution is 0.0300. The van der Waals surface area contributed by atoms with E-state index in [-0.39, 0.29) is 12.2 Å². The molecule has 0 aromatic heterocycles. The minimum Gasteiger partial charge on any atom is -0.393 e. The highest BCUT2D eigenvalue weighted by atomic mass is 19.1. The molecule has 7 aliphatic rings. The van der Waals surface area contributed by atoms with Gasteiger partial charge in [-0.2, -0.15) is 0 Å². The maximum Gasteiger partial charge on any atom is 0.127 e. The van der Waals surface area contributed by atoms with Gasteiger partial charge in [-0.1, -0.05) is 0 Å². The Labute approximate surface area is 403 Å². The van der Waals surface area contributed by atoms with E-state index in [2.05, 4.69) is 64.6 Å². The fourth-order valence-electron chi connectivity index (χ4n) is 9.29. The molecule has 5 N–H and O–H groups in total. The molecule has 66 heavy (non-hydrogen) atoms. The highest BCUT2D eigenvalue weighted by molar-refractivity contribution is 4.80. The summed E-state index contributed by atoms with van der Waals surface area (Å²) in [6, 6.07) is 0. The number of aliphatic hydroxyl groups is 5. The number of rotatable bonds is 0. The molecular weight excluding hydrogens is 848 g/mol. The van der Waals surface area contributed by atoms with E-state index in [0.717, 1.165) is 181 Å². The van der Waals surface area contributed by atoms with Gasteiger partial charge in [-0.25, -0.2) is 13.2 Å². The molecule has 0 bridgehead atoms. The van der Waals surface area contributed by atoms with E-state index in [0.29, 0.717) is 19.5 Å². The molecule has 396 valence electrons. The normalized spacial score (nSPS) is 34.5. The molecule has 7 aliphatic heterocycles. The van der Waals surface area contributed by atoms with Crippen molar-refractivity contribution in [1.29, 1.82) is 0 Å². The van der Waals surface area contributed by atoms with Gasteiger partial charge in [0.05, 0.1) is 29.5 Å². The lowest BCUT2D eigenvalue weighted by Crippen LogP contribution is -2.36. The Morgan fingerprint density at radius 2 is 0.818 bits per heavy atom. The predicted octanol–water partition coefficient (Wildman–Crippen LogP) is 5.92. The van der Waals surface area contributed by atoms with Crippen molar-refractivity contribution in [3.05, 3.63) is 0 Å². The summed E-state index contributed by atoms with van der Waals surface area (Å²) < 4.78 is 38.0. The van der Waals surface area contributed by atoms with Crippen molar-refractivity contribution in [2.45, 2.75) is 190 Å². The van der Waals surface area contributed by atoms with Gasteiger partial charge in [-0.05, 0) is 237 Å². The molecule has 0 spiro atoms. The number of alkyl halides is 3. The van der Waals surface area contributed by atoms with E-state index < -0.39 is 35.8 Å². The van der Waals surface area contributed by atoms with Gasteiger partial charge >= 0.3 is 0 Å². The van der Waals surface area contributed by atoms with Crippen LogP contribution in [0.4, 0.5) is 13.2 Å².